The molecule has 0 aliphatic carbocycles. The van der Waals surface area contributed by atoms with Gasteiger partial charge in [0.1, 0.15) is 11.9 Å². The largest absolute Gasteiger partial charge is 0.497 e. The van der Waals surface area contributed by atoms with E-state index in [1.54, 1.807) is 7.11 Å². The SMILES string of the molecule is CCN1CCC(CC(=O)N2CCOC(c3ccc(-c4cccc(OC)c4)cc3)C2)CC1. The second kappa shape index (κ2) is 10.3. The maximum Gasteiger partial charge on any atom is 0.223 e. The molecule has 2 heterocycles. The molecule has 2 fully saturated rings. The van der Waals surface area contributed by atoms with Crippen LogP contribution >= 0.6 is 0 Å². The first-order chi connectivity index (χ1) is 15.2. The number of carbonyl (C=O) groups is 1. The maximum atomic E-state index is 12.9. The van der Waals surface area contributed by atoms with Crippen molar-refractivity contribution in [3.8, 4) is 16.9 Å². The minimum atomic E-state index is -0.0565. The summed E-state index contributed by atoms with van der Waals surface area (Å²) in [6.07, 6.45) is 2.90. The fraction of sp³-hybridized carbons (Fsp3) is 0.500. The minimum Gasteiger partial charge on any atom is -0.497 e. The van der Waals surface area contributed by atoms with Crippen molar-refractivity contribution >= 4 is 5.91 Å². The van der Waals surface area contributed by atoms with Gasteiger partial charge in [-0.3, -0.25) is 4.79 Å². The third-order valence-corrected chi connectivity index (χ3v) is 6.72. The molecule has 0 saturated carbocycles. The molecule has 166 valence electrons. The zero-order valence-corrected chi connectivity index (χ0v) is 18.8. The van der Waals surface area contributed by atoms with Crippen molar-refractivity contribution in [2.24, 2.45) is 5.92 Å². The fourth-order valence-electron chi connectivity index (χ4n) is 4.65. The van der Waals surface area contributed by atoms with Crippen LogP contribution in [0.4, 0.5) is 0 Å². The number of methoxy groups -OCH3 is 1. The lowest BCUT2D eigenvalue weighted by Gasteiger charge is -2.35. The molecule has 2 aliphatic heterocycles. The maximum absolute atomic E-state index is 12.9. The van der Waals surface area contributed by atoms with Gasteiger partial charge < -0.3 is 19.3 Å². The molecule has 0 bridgehead atoms. The van der Waals surface area contributed by atoms with Crippen LogP contribution in [0.2, 0.25) is 0 Å². The number of carbonyl (C=O) groups excluding carboxylic acids is 1. The molecular formula is C26H34N2O3. The third kappa shape index (κ3) is 5.46. The number of amides is 1. The van der Waals surface area contributed by atoms with Crippen molar-refractivity contribution in [1.82, 2.24) is 9.80 Å². The number of hydrogen-bond donors (Lipinski definition) is 0. The molecule has 0 aromatic heterocycles. The van der Waals surface area contributed by atoms with E-state index in [0.717, 1.165) is 54.9 Å². The summed E-state index contributed by atoms with van der Waals surface area (Å²) in [6.45, 7) is 7.52. The highest BCUT2D eigenvalue weighted by molar-refractivity contribution is 5.76. The zero-order chi connectivity index (χ0) is 21.6. The minimum absolute atomic E-state index is 0.0565. The molecule has 5 heteroatoms. The number of ether oxygens (including phenoxy) is 2. The first-order valence-electron chi connectivity index (χ1n) is 11.5. The Bertz CT molecular complexity index is 859. The molecule has 2 aliphatic rings. The van der Waals surface area contributed by atoms with Crippen molar-refractivity contribution in [2.75, 3.05) is 46.4 Å². The lowest BCUT2D eigenvalue weighted by Crippen LogP contribution is -2.43. The Morgan fingerprint density at radius 3 is 2.55 bits per heavy atom. The average molecular weight is 423 g/mol. The van der Waals surface area contributed by atoms with Crippen molar-refractivity contribution < 1.29 is 14.3 Å². The van der Waals surface area contributed by atoms with E-state index in [-0.39, 0.29) is 12.0 Å². The fourth-order valence-corrected chi connectivity index (χ4v) is 4.65. The van der Waals surface area contributed by atoms with E-state index in [2.05, 4.69) is 42.2 Å². The highest BCUT2D eigenvalue weighted by atomic mass is 16.5. The average Bonchev–Trinajstić information content (AvgIpc) is 2.84. The second-order valence-corrected chi connectivity index (χ2v) is 8.63. The number of rotatable bonds is 6. The van der Waals surface area contributed by atoms with Crippen LogP contribution < -0.4 is 4.74 Å². The number of piperidine rings is 1. The summed E-state index contributed by atoms with van der Waals surface area (Å²) in [5.41, 5.74) is 3.40. The molecule has 4 rings (SSSR count). The van der Waals surface area contributed by atoms with E-state index in [1.165, 1.54) is 0 Å². The van der Waals surface area contributed by atoms with E-state index >= 15 is 0 Å². The Labute approximate surface area is 185 Å². The number of hydrogen-bond acceptors (Lipinski definition) is 4. The molecule has 2 saturated heterocycles. The van der Waals surface area contributed by atoms with Crippen LogP contribution in [0.15, 0.2) is 48.5 Å². The van der Waals surface area contributed by atoms with E-state index in [4.69, 9.17) is 9.47 Å². The highest BCUT2D eigenvalue weighted by Gasteiger charge is 2.28. The second-order valence-electron chi connectivity index (χ2n) is 8.63. The molecule has 2 aromatic carbocycles. The van der Waals surface area contributed by atoms with Gasteiger partial charge in [0.05, 0.1) is 20.3 Å². The predicted octanol–water partition coefficient (Wildman–Crippen LogP) is 4.38. The molecule has 1 amide bonds. The van der Waals surface area contributed by atoms with Crippen molar-refractivity contribution in [1.29, 1.82) is 0 Å². The summed E-state index contributed by atoms with van der Waals surface area (Å²) < 4.78 is 11.4. The van der Waals surface area contributed by atoms with Crippen LogP contribution in [0, 0.1) is 5.92 Å². The standard InChI is InChI=1S/C26H34N2O3/c1-3-27-13-11-20(12-14-27)17-26(29)28-15-16-31-25(19-28)22-9-7-21(8-10-22)23-5-4-6-24(18-23)30-2/h4-10,18,20,25H,3,11-17,19H2,1-2H3. The quantitative estimate of drug-likeness (QED) is 0.693. The molecule has 2 aromatic rings. The Morgan fingerprint density at radius 2 is 1.84 bits per heavy atom. The summed E-state index contributed by atoms with van der Waals surface area (Å²) >= 11 is 0. The lowest BCUT2D eigenvalue weighted by atomic mass is 9.92. The normalized spacial score (nSPS) is 20.6. The number of nitrogens with zero attached hydrogens (tertiary/aromatic N) is 2. The number of likely N-dealkylation sites (tertiary alicyclic amines) is 1. The van der Waals surface area contributed by atoms with E-state index < -0.39 is 0 Å². The van der Waals surface area contributed by atoms with E-state index in [1.807, 2.05) is 23.1 Å². The van der Waals surface area contributed by atoms with Crippen molar-refractivity contribution in [3.63, 3.8) is 0 Å². The van der Waals surface area contributed by atoms with Gasteiger partial charge in [0.15, 0.2) is 0 Å². The predicted molar refractivity (Wildman–Crippen MR) is 123 cm³/mol. The molecule has 5 nitrogen and oxygen atoms in total. The van der Waals surface area contributed by atoms with E-state index in [9.17, 15) is 4.79 Å². The van der Waals surface area contributed by atoms with Crippen molar-refractivity contribution in [2.45, 2.75) is 32.3 Å². The Balaban J connectivity index is 1.35. The van der Waals surface area contributed by atoms with Crippen LogP contribution in [0.5, 0.6) is 5.75 Å². The van der Waals surface area contributed by atoms with E-state index in [0.29, 0.717) is 32.0 Å². The first kappa shape index (κ1) is 21.8. The summed E-state index contributed by atoms with van der Waals surface area (Å²) in [6, 6.07) is 16.6. The summed E-state index contributed by atoms with van der Waals surface area (Å²) in [5, 5.41) is 0. The smallest absolute Gasteiger partial charge is 0.223 e. The van der Waals surface area contributed by atoms with Crippen molar-refractivity contribution in [3.05, 3.63) is 54.1 Å². The molecular weight excluding hydrogens is 388 g/mol. The zero-order valence-electron chi connectivity index (χ0n) is 18.8. The molecule has 1 unspecified atom stereocenters. The highest BCUT2D eigenvalue weighted by Crippen LogP contribution is 2.29. The summed E-state index contributed by atoms with van der Waals surface area (Å²) in [7, 11) is 1.68. The summed E-state index contributed by atoms with van der Waals surface area (Å²) in [4.78, 5) is 17.4. The first-order valence-corrected chi connectivity index (χ1v) is 11.5. The van der Waals surface area contributed by atoms with Crippen LogP contribution in [0.3, 0.4) is 0 Å². The molecule has 1 atom stereocenters. The van der Waals surface area contributed by atoms with Gasteiger partial charge in [-0.1, -0.05) is 43.3 Å². The Morgan fingerprint density at radius 1 is 1.06 bits per heavy atom. The third-order valence-electron chi connectivity index (χ3n) is 6.72. The monoisotopic (exact) mass is 422 g/mol. The van der Waals surface area contributed by atoms with Gasteiger partial charge in [0.2, 0.25) is 5.91 Å². The van der Waals surface area contributed by atoms with Gasteiger partial charge >= 0.3 is 0 Å². The van der Waals surface area contributed by atoms with Gasteiger partial charge in [-0.15, -0.1) is 0 Å². The van der Waals surface area contributed by atoms with Gasteiger partial charge in [0.25, 0.3) is 0 Å². The lowest BCUT2D eigenvalue weighted by molar-refractivity contribution is -0.140. The van der Waals surface area contributed by atoms with Crippen LogP contribution in [0.1, 0.15) is 37.9 Å². The number of benzene rings is 2. The molecule has 0 radical (unpaired) electrons. The number of morpholine rings is 1. The van der Waals surface area contributed by atoms with Gasteiger partial charge in [0, 0.05) is 13.0 Å². The Kier molecular flexibility index (Phi) is 7.25. The van der Waals surface area contributed by atoms with Gasteiger partial charge in [-0.05, 0) is 67.2 Å². The Hall–Kier alpha value is -2.37. The summed E-state index contributed by atoms with van der Waals surface area (Å²) in [5.74, 6) is 1.67. The topological polar surface area (TPSA) is 42.0 Å². The molecule has 0 N–H and O–H groups in total. The van der Waals surface area contributed by atoms with Crippen LogP contribution in [-0.4, -0.2) is 62.1 Å². The molecule has 0 spiro atoms. The van der Waals surface area contributed by atoms with Gasteiger partial charge in [-0.25, -0.2) is 0 Å². The van der Waals surface area contributed by atoms with Crippen LogP contribution in [0.25, 0.3) is 11.1 Å². The van der Waals surface area contributed by atoms with Gasteiger partial charge in [-0.2, -0.15) is 0 Å². The molecule has 31 heavy (non-hydrogen) atoms. The van der Waals surface area contributed by atoms with Crippen LogP contribution in [-0.2, 0) is 9.53 Å².